The highest BCUT2D eigenvalue weighted by atomic mass is 16.6. The van der Waals surface area contributed by atoms with Gasteiger partial charge < -0.3 is 15.2 Å². The van der Waals surface area contributed by atoms with Crippen LogP contribution in [-0.4, -0.2) is 38.8 Å². The fourth-order valence-corrected chi connectivity index (χ4v) is 2.45. The van der Waals surface area contributed by atoms with E-state index in [0.29, 0.717) is 5.56 Å². The molecule has 0 aliphatic heterocycles. The third-order valence-corrected chi connectivity index (χ3v) is 3.40. The first-order valence-corrected chi connectivity index (χ1v) is 7.10. The summed E-state index contributed by atoms with van der Waals surface area (Å²) >= 11 is 0. The summed E-state index contributed by atoms with van der Waals surface area (Å²) in [5.74, 6) is -1.93. The van der Waals surface area contributed by atoms with E-state index in [1.165, 1.54) is 39.3 Å². The number of amides is 1. The van der Waals surface area contributed by atoms with Crippen molar-refractivity contribution in [1.29, 1.82) is 0 Å². The molecule has 1 aromatic carbocycles. The molecule has 0 radical (unpaired) electrons. The predicted octanol–water partition coefficient (Wildman–Crippen LogP) is 1.73. The van der Waals surface area contributed by atoms with Gasteiger partial charge in [-0.15, -0.1) is 0 Å². The van der Waals surface area contributed by atoms with Gasteiger partial charge in [-0.05, 0) is 30.7 Å². The number of carboxylic acids is 1. The Morgan fingerprint density at radius 2 is 2.08 bits per heavy atom. The molecule has 0 atom stereocenters. The lowest BCUT2D eigenvalue weighted by Crippen LogP contribution is -2.18. The van der Waals surface area contributed by atoms with Gasteiger partial charge in [0.05, 0.1) is 17.1 Å². The van der Waals surface area contributed by atoms with Crippen LogP contribution >= 0.6 is 0 Å². The second-order valence-electron chi connectivity index (χ2n) is 5.27. The van der Waals surface area contributed by atoms with E-state index in [9.17, 15) is 19.7 Å². The summed E-state index contributed by atoms with van der Waals surface area (Å²) in [6.07, 6.45) is 0. The van der Waals surface area contributed by atoms with Crippen LogP contribution in [0.4, 0.5) is 11.4 Å². The number of hydrogen-bond acceptors (Lipinski definition) is 6. The van der Waals surface area contributed by atoms with E-state index in [-0.39, 0.29) is 29.2 Å². The molecule has 25 heavy (non-hydrogen) atoms. The number of benzene rings is 1. The first-order chi connectivity index (χ1) is 11.7. The SMILES string of the molecule is COCc1cc(NC(=O)c2c([N+](=O)[O-])c(C)nn2C)cc(C(=O)O)c1. The Morgan fingerprint density at radius 1 is 1.40 bits per heavy atom. The van der Waals surface area contributed by atoms with Crippen LogP contribution in [0.5, 0.6) is 0 Å². The minimum absolute atomic E-state index is 0.0412. The topological polar surface area (TPSA) is 137 Å². The number of carbonyl (C=O) groups excluding carboxylic acids is 1. The molecule has 2 rings (SSSR count). The average molecular weight is 348 g/mol. The van der Waals surface area contributed by atoms with Crippen LogP contribution in [0.2, 0.25) is 0 Å². The number of rotatable bonds is 6. The van der Waals surface area contributed by atoms with E-state index in [0.717, 1.165) is 4.68 Å². The van der Waals surface area contributed by atoms with Crippen LogP contribution in [0.25, 0.3) is 0 Å². The number of ether oxygens (including phenoxy) is 1. The number of aromatic carboxylic acids is 1. The first kappa shape index (κ1) is 18.1. The number of anilines is 1. The summed E-state index contributed by atoms with van der Waals surface area (Å²) in [5.41, 5.74) is 0.166. The summed E-state index contributed by atoms with van der Waals surface area (Å²) in [5, 5.41) is 26.7. The summed E-state index contributed by atoms with van der Waals surface area (Å²) < 4.78 is 6.08. The molecule has 0 spiro atoms. The molecule has 2 N–H and O–H groups in total. The molecule has 0 aliphatic carbocycles. The van der Waals surface area contributed by atoms with Gasteiger partial charge in [-0.3, -0.25) is 19.6 Å². The van der Waals surface area contributed by atoms with Gasteiger partial charge in [0.25, 0.3) is 5.91 Å². The van der Waals surface area contributed by atoms with Crippen molar-refractivity contribution in [3.05, 3.63) is 50.8 Å². The number of nitrogens with zero attached hydrogens (tertiary/aromatic N) is 3. The first-order valence-electron chi connectivity index (χ1n) is 7.10. The zero-order valence-corrected chi connectivity index (χ0v) is 13.8. The van der Waals surface area contributed by atoms with Crippen LogP contribution in [0.3, 0.4) is 0 Å². The van der Waals surface area contributed by atoms with Crippen LogP contribution in [0.1, 0.15) is 32.1 Å². The molecule has 0 aliphatic rings. The maximum absolute atomic E-state index is 12.5. The molecule has 2 aromatic rings. The fourth-order valence-electron chi connectivity index (χ4n) is 2.45. The molecular formula is C15H16N4O6. The minimum atomic E-state index is -1.17. The minimum Gasteiger partial charge on any atom is -0.478 e. The summed E-state index contributed by atoms with van der Waals surface area (Å²) in [6.45, 7) is 1.58. The second kappa shape index (κ2) is 7.09. The lowest BCUT2D eigenvalue weighted by Gasteiger charge is -2.09. The lowest BCUT2D eigenvalue weighted by atomic mass is 10.1. The summed E-state index contributed by atoms with van der Waals surface area (Å²) in [6, 6.07) is 4.20. The van der Waals surface area contributed by atoms with Gasteiger partial charge in [-0.2, -0.15) is 5.10 Å². The zero-order valence-electron chi connectivity index (χ0n) is 13.8. The molecule has 0 unspecified atom stereocenters. The van der Waals surface area contributed by atoms with E-state index in [4.69, 9.17) is 9.84 Å². The lowest BCUT2D eigenvalue weighted by molar-refractivity contribution is -0.385. The molecule has 0 saturated heterocycles. The quantitative estimate of drug-likeness (QED) is 0.599. The maximum atomic E-state index is 12.5. The van der Waals surface area contributed by atoms with E-state index in [1.54, 1.807) is 0 Å². The summed E-state index contributed by atoms with van der Waals surface area (Å²) in [7, 11) is 2.87. The molecule has 10 heteroatoms. The molecule has 1 aromatic heterocycles. The number of hydrogen-bond donors (Lipinski definition) is 2. The van der Waals surface area contributed by atoms with Crippen molar-refractivity contribution < 1.29 is 24.4 Å². The van der Waals surface area contributed by atoms with Gasteiger partial charge in [-0.25, -0.2) is 4.79 Å². The van der Waals surface area contributed by atoms with Crippen LogP contribution in [0.15, 0.2) is 18.2 Å². The highest BCUT2D eigenvalue weighted by molar-refractivity contribution is 6.06. The van der Waals surface area contributed by atoms with Crippen molar-refractivity contribution in [1.82, 2.24) is 9.78 Å². The molecular weight excluding hydrogens is 332 g/mol. The Hall–Kier alpha value is -3.27. The highest BCUT2D eigenvalue weighted by Crippen LogP contribution is 2.24. The van der Waals surface area contributed by atoms with Crippen molar-refractivity contribution in [2.24, 2.45) is 7.05 Å². The van der Waals surface area contributed by atoms with E-state index < -0.39 is 22.5 Å². The standard InChI is InChI=1S/C15H16N4O6/c1-8-12(19(23)24)13(18(2)17-8)14(20)16-11-5-9(7-25-3)4-10(6-11)15(21)22/h4-6H,7H2,1-3H3,(H,16,20)(H,21,22). The third-order valence-electron chi connectivity index (χ3n) is 3.40. The van der Waals surface area contributed by atoms with Gasteiger partial charge in [0.2, 0.25) is 5.69 Å². The Bertz CT molecular complexity index is 858. The Labute approximate surface area is 142 Å². The van der Waals surface area contributed by atoms with Crippen molar-refractivity contribution in [2.45, 2.75) is 13.5 Å². The van der Waals surface area contributed by atoms with Crippen molar-refractivity contribution in [3.63, 3.8) is 0 Å². The van der Waals surface area contributed by atoms with Gasteiger partial charge in [0.15, 0.2) is 0 Å². The molecule has 1 amide bonds. The monoisotopic (exact) mass is 348 g/mol. The zero-order chi connectivity index (χ0) is 18.7. The van der Waals surface area contributed by atoms with Crippen LogP contribution in [-0.2, 0) is 18.4 Å². The van der Waals surface area contributed by atoms with Crippen LogP contribution in [0, 0.1) is 17.0 Å². The highest BCUT2D eigenvalue weighted by Gasteiger charge is 2.29. The van der Waals surface area contributed by atoms with Crippen molar-refractivity contribution in [2.75, 3.05) is 12.4 Å². The number of methoxy groups -OCH3 is 1. The maximum Gasteiger partial charge on any atom is 0.335 e. The van der Waals surface area contributed by atoms with Gasteiger partial charge in [-0.1, -0.05) is 0 Å². The van der Waals surface area contributed by atoms with Crippen LogP contribution < -0.4 is 5.32 Å². The molecule has 0 saturated carbocycles. The molecule has 1 heterocycles. The third kappa shape index (κ3) is 3.80. The predicted molar refractivity (Wildman–Crippen MR) is 86.7 cm³/mol. The van der Waals surface area contributed by atoms with Crippen molar-refractivity contribution in [3.8, 4) is 0 Å². The van der Waals surface area contributed by atoms with Gasteiger partial charge in [0.1, 0.15) is 5.69 Å². The van der Waals surface area contributed by atoms with E-state index in [2.05, 4.69) is 10.4 Å². The molecule has 132 valence electrons. The average Bonchev–Trinajstić information content (AvgIpc) is 2.81. The Balaban J connectivity index is 2.41. The molecule has 10 nitrogen and oxygen atoms in total. The van der Waals surface area contributed by atoms with E-state index >= 15 is 0 Å². The Kier molecular flexibility index (Phi) is 5.13. The Morgan fingerprint density at radius 3 is 2.64 bits per heavy atom. The van der Waals surface area contributed by atoms with Crippen molar-refractivity contribution >= 4 is 23.3 Å². The largest absolute Gasteiger partial charge is 0.478 e. The number of aryl methyl sites for hydroxylation is 2. The number of carboxylic acid groups (broad SMARTS) is 1. The number of aromatic nitrogens is 2. The normalized spacial score (nSPS) is 10.5. The molecule has 0 bridgehead atoms. The number of nitrogens with one attached hydrogen (secondary N) is 1. The summed E-state index contributed by atoms with van der Waals surface area (Å²) in [4.78, 5) is 34.2. The second-order valence-corrected chi connectivity index (χ2v) is 5.27. The number of carbonyl (C=O) groups is 2. The number of nitro groups is 1. The van der Waals surface area contributed by atoms with E-state index in [1.807, 2.05) is 0 Å². The van der Waals surface area contributed by atoms with Gasteiger partial charge in [0, 0.05) is 19.8 Å². The molecule has 0 fully saturated rings. The smallest absolute Gasteiger partial charge is 0.335 e. The van der Waals surface area contributed by atoms with Gasteiger partial charge >= 0.3 is 11.7 Å². The fraction of sp³-hybridized carbons (Fsp3) is 0.267.